The molecule has 1 aliphatic heterocycles. The number of sulfonamides is 1. The van der Waals surface area contributed by atoms with Gasteiger partial charge >= 0.3 is 6.03 Å². The molecule has 1 heterocycles. The first-order valence-electron chi connectivity index (χ1n) is 21.1. The van der Waals surface area contributed by atoms with Crippen molar-refractivity contribution in [3.05, 3.63) is 0 Å². The molecule has 54 heavy (non-hydrogen) atoms. The fourth-order valence-electron chi connectivity index (χ4n) is 10.4. The first-order chi connectivity index (χ1) is 25.6. The van der Waals surface area contributed by atoms with Gasteiger partial charge in [0, 0.05) is 25.2 Å². The summed E-state index contributed by atoms with van der Waals surface area (Å²) in [4.78, 5) is 71.5. The molecule has 0 radical (unpaired) electrons. The molecule has 5 atom stereocenters. The molecule has 13 nitrogen and oxygen atoms in total. The van der Waals surface area contributed by atoms with Crippen LogP contribution in [-0.2, 0) is 29.2 Å². The topological polar surface area (TPSA) is 174 Å². The van der Waals surface area contributed by atoms with Crippen molar-refractivity contribution in [2.75, 3.05) is 18.8 Å². The standard InChI is InChI=1S/C40H64N6O7S/c1-5-46(27-16-17-27)54(52,53)24-40(20-10-7-11-21-40)44-37(51)43-33(39(4)18-8-6-9-19-39)36(50)45-23-28-30(38(28,2)3)31(45)34(48)42-29(22-25-12-13-25)32(47)35(49)41-26-14-15-26/h25-31,33H,5-24H2,1-4H3,(H,41,49)(H,42,48)(H2,43,44,51)/t28-,29-,30-,31-,33+/m0/s1. The van der Waals surface area contributed by atoms with Crippen molar-refractivity contribution in [3.8, 4) is 0 Å². The molecule has 0 bridgehead atoms. The first kappa shape index (κ1) is 39.5. The number of hydrogen-bond acceptors (Lipinski definition) is 7. The lowest BCUT2D eigenvalue weighted by Crippen LogP contribution is -2.65. The zero-order valence-corrected chi connectivity index (χ0v) is 33.7. The fraction of sp³-hybridized carbons (Fsp3) is 0.875. The monoisotopic (exact) mass is 772 g/mol. The maximum absolute atomic E-state index is 15.0. The minimum atomic E-state index is -3.64. The van der Waals surface area contributed by atoms with E-state index in [0.717, 1.165) is 89.9 Å². The summed E-state index contributed by atoms with van der Waals surface area (Å²) >= 11 is 0. The van der Waals surface area contributed by atoms with Crippen molar-refractivity contribution in [3.63, 3.8) is 0 Å². The Bertz CT molecular complexity index is 1590. The van der Waals surface area contributed by atoms with Crippen LogP contribution in [0, 0.1) is 28.6 Å². The van der Waals surface area contributed by atoms with E-state index in [1.165, 1.54) is 0 Å². The van der Waals surface area contributed by atoms with Gasteiger partial charge in [0.2, 0.25) is 27.6 Å². The van der Waals surface area contributed by atoms with Gasteiger partial charge in [-0.05, 0) is 86.4 Å². The van der Waals surface area contributed by atoms with Crippen LogP contribution < -0.4 is 21.3 Å². The lowest BCUT2D eigenvalue weighted by Gasteiger charge is -2.44. The molecule has 0 aromatic rings. The molecule has 7 fully saturated rings. The number of carbonyl (C=O) groups is 5. The number of Topliss-reactive ketones (excluding diaryl/α,β-unsaturated/α-hetero) is 1. The predicted octanol–water partition coefficient (Wildman–Crippen LogP) is 3.76. The SMILES string of the molecule is CCN(C1CC1)S(=O)(=O)CC1(NC(=O)N[C@H](C(=O)N2C[C@H]3[C@@H]([C@H]2C(=O)N[C@@H](CC2CC2)C(=O)C(=O)NC2CC2)C3(C)C)C2(C)CCCCC2)CCCCC1. The number of urea groups is 1. The van der Waals surface area contributed by atoms with Crippen LogP contribution in [-0.4, -0.2) is 102 Å². The molecule has 5 amide bonds. The Hall–Kier alpha value is -2.74. The summed E-state index contributed by atoms with van der Waals surface area (Å²) in [5.74, 6) is -1.94. The molecule has 6 aliphatic carbocycles. The van der Waals surface area contributed by atoms with E-state index in [1.807, 2.05) is 13.8 Å². The summed E-state index contributed by atoms with van der Waals surface area (Å²) in [7, 11) is -3.64. The zero-order valence-electron chi connectivity index (χ0n) is 32.9. The minimum Gasteiger partial charge on any atom is -0.347 e. The van der Waals surface area contributed by atoms with E-state index in [1.54, 1.807) is 9.21 Å². The van der Waals surface area contributed by atoms with Gasteiger partial charge in [-0.15, -0.1) is 0 Å². The van der Waals surface area contributed by atoms with Crippen LogP contribution in [0.2, 0.25) is 0 Å². The first-order valence-corrected chi connectivity index (χ1v) is 22.7. The minimum absolute atomic E-state index is 0.0173. The highest BCUT2D eigenvalue weighted by atomic mass is 32.2. The van der Waals surface area contributed by atoms with Crippen LogP contribution in [0.1, 0.15) is 137 Å². The highest BCUT2D eigenvalue weighted by Gasteiger charge is 2.70. The molecule has 0 aromatic carbocycles. The number of fused-ring (bicyclic) bond motifs is 1. The lowest BCUT2D eigenvalue weighted by molar-refractivity contribution is -0.146. The van der Waals surface area contributed by atoms with E-state index in [-0.39, 0.29) is 46.9 Å². The maximum atomic E-state index is 15.0. The number of nitrogens with one attached hydrogen (secondary N) is 4. The largest absolute Gasteiger partial charge is 0.347 e. The van der Waals surface area contributed by atoms with Crippen LogP contribution in [0.3, 0.4) is 0 Å². The fourth-order valence-corrected chi connectivity index (χ4v) is 12.7. The normalized spacial score (nSPS) is 29.4. The van der Waals surface area contributed by atoms with Gasteiger partial charge in [0.25, 0.3) is 5.91 Å². The van der Waals surface area contributed by atoms with Crippen molar-refractivity contribution in [2.45, 2.75) is 173 Å². The summed E-state index contributed by atoms with van der Waals surface area (Å²) in [5.41, 5.74) is -1.70. The van der Waals surface area contributed by atoms with Crippen molar-refractivity contribution in [2.24, 2.45) is 28.6 Å². The second-order valence-corrected chi connectivity index (χ2v) is 20.9. The zero-order chi connectivity index (χ0) is 38.6. The summed E-state index contributed by atoms with van der Waals surface area (Å²) in [6, 6.07) is -3.22. The van der Waals surface area contributed by atoms with Crippen molar-refractivity contribution in [1.29, 1.82) is 0 Å². The smallest absolute Gasteiger partial charge is 0.315 e. The molecule has 0 unspecified atom stereocenters. The number of ketones is 1. The number of rotatable bonds is 16. The number of amides is 5. The Balaban J connectivity index is 1.11. The number of hydrogen-bond donors (Lipinski definition) is 4. The van der Waals surface area contributed by atoms with Gasteiger partial charge in [-0.3, -0.25) is 19.2 Å². The van der Waals surface area contributed by atoms with E-state index in [2.05, 4.69) is 35.1 Å². The molecule has 4 N–H and O–H groups in total. The average Bonchev–Trinajstić information content (AvgIpc) is 3.92. The predicted molar refractivity (Wildman–Crippen MR) is 203 cm³/mol. The number of nitrogens with zero attached hydrogens (tertiary/aromatic N) is 2. The molecule has 7 aliphatic rings. The van der Waals surface area contributed by atoms with E-state index in [4.69, 9.17) is 0 Å². The molecule has 302 valence electrons. The van der Waals surface area contributed by atoms with E-state index in [9.17, 15) is 27.6 Å². The van der Waals surface area contributed by atoms with Gasteiger partial charge in [-0.2, -0.15) is 4.31 Å². The Morgan fingerprint density at radius 1 is 0.833 bits per heavy atom. The third-order valence-electron chi connectivity index (χ3n) is 14.3. The third kappa shape index (κ3) is 8.34. The Kier molecular flexibility index (Phi) is 10.9. The third-order valence-corrected chi connectivity index (χ3v) is 16.5. The van der Waals surface area contributed by atoms with Crippen molar-refractivity contribution >= 4 is 39.6 Å². The van der Waals surface area contributed by atoms with Crippen LogP contribution in [0.25, 0.3) is 0 Å². The van der Waals surface area contributed by atoms with Gasteiger partial charge in [0.15, 0.2) is 0 Å². The molecular formula is C40H64N6O7S. The summed E-state index contributed by atoms with van der Waals surface area (Å²) < 4.78 is 29.1. The molecule has 7 rings (SSSR count). The Morgan fingerprint density at radius 2 is 1.46 bits per heavy atom. The highest BCUT2D eigenvalue weighted by Crippen LogP contribution is 2.65. The van der Waals surface area contributed by atoms with Gasteiger partial charge in [0.05, 0.1) is 17.3 Å². The van der Waals surface area contributed by atoms with Gasteiger partial charge < -0.3 is 26.2 Å². The molecule has 6 saturated carbocycles. The van der Waals surface area contributed by atoms with Crippen LogP contribution >= 0.6 is 0 Å². The molecule has 14 heteroatoms. The molecule has 0 aromatic heterocycles. The quantitative estimate of drug-likeness (QED) is 0.173. The van der Waals surface area contributed by atoms with Crippen molar-refractivity contribution in [1.82, 2.24) is 30.5 Å². The number of piperidine rings is 1. The summed E-state index contributed by atoms with van der Waals surface area (Å²) in [6.07, 6.45) is 13.7. The van der Waals surface area contributed by atoms with Gasteiger partial charge in [0.1, 0.15) is 12.1 Å². The van der Waals surface area contributed by atoms with Crippen LogP contribution in [0.5, 0.6) is 0 Å². The Morgan fingerprint density at radius 3 is 2.04 bits per heavy atom. The number of likely N-dealkylation sites (tertiary alicyclic amines) is 1. The van der Waals surface area contributed by atoms with Crippen LogP contribution in [0.15, 0.2) is 0 Å². The molecule has 0 spiro atoms. The average molecular weight is 773 g/mol. The maximum Gasteiger partial charge on any atom is 0.315 e. The van der Waals surface area contributed by atoms with Crippen LogP contribution in [0.4, 0.5) is 4.79 Å². The summed E-state index contributed by atoms with van der Waals surface area (Å²) in [5, 5.41) is 12.0. The Labute approximate surface area is 321 Å². The molecular weight excluding hydrogens is 709 g/mol. The van der Waals surface area contributed by atoms with Gasteiger partial charge in [-0.1, -0.05) is 79.1 Å². The van der Waals surface area contributed by atoms with E-state index >= 15 is 4.79 Å². The van der Waals surface area contributed by atoms with E-state index < -0.39 is 62.7 Å². The second kappa shape index (κ2) is 15.0. The lowest BCUT2D eigenvalue weighted by atomic mass is 9.70. The van der Waals surface area contributed by atoms with Crippen molar-refractivity contribution < 1.29 is 32.4 Å². The highest BCUT2D eigenvalue weighted by molar-refractivity contribution is 7.89. The second-order valence-electron chi connectivity index (χ2n) is 19.0. The summed E-state index contributed by atoms with van der Waals surface area (Å²) in [6.45, 7) is 8.88. The number of carbonyl (C=O) groups excluding carboxylic acids is 5. The van der Waals surface area contributed by atoms with E-state index in [0.29, 0.717) is 32.4 Å². The molecule has 1 saturated heterocycles. The van der Waals surface area contributed by atoms with Gasteiger partial charge in [-0.25, -0.2) is 13.2 Å².